The number of benzene rings is 2. The van der Waals surface area contributed by atoms with E-state index in [0.717, 1.165) is 0 Å². The zero-order valence-electron chi connectivity index (χ0n) is 11.2. The molecule has 0 spiro atoms. The minimum absolute atomic E-state index is 0.174. The summed E-state index contributed by atoms with van der Waals surface area (Å²) in [5.74, 6) is -0.304. The van der Waals surface area contributed by atoms with Gasteiger partial charge in [0.25, 0.3) is 5.91 Å². The van der Waals surface area contributed by atoms with Gasteiger partial charge in [0.2, 0.25) is 0 Å². The van der Waals surface area contributed by atoms with Crippen molar-refractivity contribution in [2.75, 3.05) is 18.2 Å². The molecule has 2 aromatic rings. The molecular weight excluding hydrogens is 259 g/mol. The zero-order chi connectivity index (χ0) is 14.7. The number of nitrogen functional groups attached to an aromatic ring is 1. The number of nitrogens with two attached hydrogens (primary N) is 1. The maximum absolute atomic E-state index is 13.6. The Morgan fingerprint density at radius 1 is 1.30 bits per heavy atom. The molecule has 0 bridgehead atoms. The lowest BCUT2D eigenvalue weighted by Gasteiger charge is -2.09. The Morgan fingerprint density at radius 2 is 2.05 bits per heavy atom. The fraction of sp³-hybridized carbons (Fsp3) is 0.133. The Hall–Kier alpha value is -2.56. The van der Waals surface area contributed by atoms with Crippen molar-refractivity contribution < 1.29 is 13.9 Å². The summed E-state index contributed by atoms with van der Waals surface area (Å²) in [5, 5.41) is 2.67. The van der Waals surface area contributed by atoms with Gasteiger partial charge in [0.1, 0.15) is 11.6 Å². The van der Waals surface area contributed by atoms with Gasteiger partial charge in [-0.15, -0.1) is 0 Å². The van der Waals surface area contributed by atoms with Gasteiger partial charge in [-0.3, -0.25) is 4.79 Å². The van der Waals surface area contributed by atoms with E-state index in [1.165, 1.54) is 19.2 Å². The lowest BCUT2D eigenvalue weighted by molar-refractivity contribution is 0.102. The van der Waals surface area contributed by atoms with Crippen molar-refractivity contribution in [2.45, 2.75) is 6.92 Å². The van der Waals surface area contributed by atoms with E-state index in [2.05, 4.69) is 5.32 Å². The minimum atomic E-state index is -0.499. The van der Waals surface area contributed by atoms with E-state index in [1.807, 2.05) is 0 Å². The van der Waals surface area contributed by atoms with Gasteiger partial charge in [0.15, 0.2) is 0 Å². The Kier molecular flexibility index (Phi) is 3.89. The van der Waals surface area contributed by atoms with E-state index >= 15 is 0 Å². The fourth-order valence-electron chi connectivity index (χ4n) is 1.74. The van der Waals surface area contributed by atoms with Crippen molar-refractivity contribution in [2.24, 2.45) is 0 Å². The number of amides is 1. The highest BCUT2D eigenvalue weighted by Crippen LogP contribution is 2.20. The summed E-state index contributed by atoms with van der Waals surface area (Å²) in [6, 6.07) is 9.52. The average molecular weight is 274 g/mol. The molecule has 1 amide bonds. The SMILES string of the molecule is COc1cccc(NC(=O)c2cc(N)c(C)c(F)c2)c1. The molecule has 0 aliphatic heterocycles. The summed E-state index contributed by atoms with van der Waals surface area (Å²) in [7, 11) is 1.54. The summed E-state index contributed by atoms with van der Waals surface area (Å²) >= 11 is 0. The minimum Gasteiger partial charge on any atom is -0.497 e. The van der Waals surface area contributed by atoms with Crippen LogP contribution in [0.1, 0.15) is 15.9 Å². The van der Waals surface area contributed by atoms with Crippen LogP contribution in [0.15, 0.2) is 36.4 Å². The van der Waals surface area contributed by atoms with Gasteiger partial charge in [-0.25, -0.2) is 4.39 Å². The predicted octanol–water partition coefficient (Wildman–Crippen LogP) is 2.98. The molecule has 4 nitrogen and oxygen atoms in total. The molecule has 0 aromatic heterocycles. The van der Waals surface area contributed by atoms with Gasteiger partial charge >= 0.3 is 0 Å². The third-order valence-electron chi connectivity index (χ3n) is 2.97. The van der Waals surface area contributed by atoms with Crippen LogP contribution in [-0.4, -0.2) is 13.0 Å². The Labute approximate surface area is 116 Å². The van der Waals surface area contributed by atoms with E-state index in [9.17, 15) is 9.18 Å². The number of rotatable bonds is 3. The lowest BCUT2D eigenvalue weighted by atomic mass is 10.1. The standard InChI is InChI=1S/C15H15FN2O2/c1-9-13(16)6-10(7-14(9)17)15(19)18-11-4-3-5-12(8-11)20-2/h3-8H,17H2,1-2H3,(H,18,19). The van der Waals surface area contributed by atoms with Crippen LogP contribution in [-0.2, 0) is 0 Å². The van der Waals surface area contributed by atoms with E-state index < -0.39 is 11.7 Å². The van der Waals surface area contributed by atoms with E-state index in [4.69, 9.17) is 10.5 Å². The molecule has 0 atom stereocenters. The third kappa shape index (κ3) is 2.88. The number of anilines is 2. The van der Waals surface area contributed by atoms with Crippen LogP contribution >= 0.6 is 0 Å². The topological polar surface area (TPSA) is 64.3 Å². The van der Waals surface area contributed by atoms with Crippen LogP contribution < -0.4 is 15.8 Å². The van der Waals surface area contributed by atoms with E-state index in [-0.39, 0.29) is 11.3 Å². The molecule has 0 unspecified atom stereocenters. The first kappa shape index (κ1) is 13.9. The highest BCUT2D eigenvalue weighted by Gasteiger charge is 2.11. The number of hydrogen-bond acceptors (Lipinski definition) is 3. The monoisotopic (exact) mass is 274 g/mol. The fourth-order valence-corrected chi connectivity index (χ4v) is 1.74. The van der Waals surface area contributed by atoms with Crippen LogP contribution in [0.2, 0.25) is 0 Å². The first-order chi connectivity index (χ1) is 9.51. The summed E-state index contributed by atoms with van der Waals surface area (Å²) in [4.78, 5) is 12.1. The second-order valence-corrected chi connectivity index (χ2v) is 4.36. The number of methoxy groups -OCH3 is 1. The van der Waals surface area contributed by atoms with Gasteiger partial charge in [0.05, 0.1) is 7.11 Å². The van der Waals surface area contributed by atoms with Crippen molar-refractivity contribution in [1.82, 2.24) is 0 Å². The van der Waals surface area contributed by atoms with Crippen LogP contribution in [0.25, 0.3) is 0 Å². The summed E-state index contributed by atoms with van der Waals surface area (Å²) in [5.41, 5.74) is 6.98. The first-order valence-electron chi connectivity index (χ1n) is 6.02. The third-order valence-corrected chi connectivity index (χ3v) is 2.97. The van der Waals surface area contributed by atoms with Crippen molar-refractivity contribution in [3.8, 4) is 5.75 Å². The van der Waals surface area contributed by atoms with Crippen molar-refractivity contribution in [1.29, 1.82) is 0 Å². The summed E-state index contributed by atoms with van der Waals surface area (Å²) in [6.45, 7) is 1.56. The number of halogens is 1. The molecular formula is C15H15FN2O2. The second kappa shape index (κ2) is 5.61. The van der Waals surface area contributed by atoms with Gasteiger partial charge in [-0.1, -0.05) is 6.07 Å². The van der Waals surface area contributed by atoms with Gasteiger partial charge in [0, 0.05) is 28.6 Å². The average Bonchev–Trinajstić information content (AvgIpc) is 2.44. The quantitative estimate of drug-likeness (QED) is 0.846. The lowest BCUT2D eigenvalue weighted by Crippen LogP contribution is -2.13. The molecule has 104 valence electrons. The van der Waals surface area contributed by atoms with Crippen molar-refractivity contribution in [3.05, 3.63) is 53.3 Å². The normalized spacial score (nSPS) is 10.2. The zero-order valence-corrected chi connectivity index (χ0v) is 11.2. The van der Waals surface area contributed by atoms with Crippen LogP contribution in [0.3, 0.4) is 0 Å². The Morgan fingerprint density at radius 3 is 2.70 bits per heavy atom. The number of hydrogen-bond donors (Lipinski definition) is 2. The molecule has 2 rings (SSSR count). The molecule has 5 heteroatoms. The van der Waals surface area contributed by atoms with Gasteiger partial charge < -0.3 is 15.8 Å². The summed E-state index contributed by atoms with van der Waals surface area (Å²) < 4.78 is 18.6. The van der Waals surface area contributed by atoms with Gasteiger partial charge in [-0.2, -0.15) is 0 Å². The van der Waals surface area contributed by atoms with Crippen LogP contribution in [0, 0.1) is 12.7 Å². The molecule has 0 heterocycles. The molecule has 0 aliphatic rings. The maximum atomic E-state index is 13.6. The predicted molar refractivity (Wildman–Crippen MR) is 76.5 cm³/mol. The van der Waals surface area contributed by atoms with Crippen molar-refractivity contribution in [3.63, 3.8) is 0 Å². The smallest absolute Gasteiger partial charge is 0.255 e. The highest BCUT2D eigenvalue weighted by atomic mass is 19.1. The molecule has 0 saturated carbocycles. The number of carbonyl (C=O) groups excluding carboxylic acids is 1. The number of carbonyl (C=O) groups is 1. The molecule has 2 aromatic carbocycles. The highest BCUT2D eigenvalue weighted by molar-refractivity contribution is 6.05. The van der Waals surface area contributed by atoms with E-state index in [1.54, 1.807) is 31.2 Å². The van der Waals surface area contributed by atoms with Crippen LogP contribution in [0.5, 0.6) is 5.75 Å². The molecule has 20 heavy (non-hydrogen) atoms. The Bertz CT molecular complexity index is 633. The maximum Gasteiger partial charge on any atom is 0.255 e. The molecule has 0 aliphatic carbocycles. The second-order valence-electron chi connectivity index (χ2n) is 4.36. The molecule has 0 radical (unpaired) electrons. The number of nitrogens with one attached hydrogen (secondary N) is 1. The summed E-state index contributed by atoms with van der Waals surface area (Å²) in [6.07, 6.45) is 0. The Balaban J connectivity index is 2.23. The molecule has 3 N–H and O–H groups in total. The number of ether oxygens (including phenoxy) is 1. The first-order valence-corrected chi connectivity index (χ1v) is 6.02. The largest absolute Gasteiger partial charge is 0.497 e. The van der Waals surface area contributed by atoms with Crippen molar-refractivity contribution >= 4 is 17.3 Å². The molecule has 0 saturated heterocycles. The molecule has 0 fully saturated rings. The van der Waals surface area contributed by atoms with Gasteiger partial charge in [-0.05, 0) is 31.2 Å². The van der Waals surface area contributed by atoms with E-state index in [0.29, 0.717) is 17.0 Å². The van der Waals surface area contributed by atoms with Crippen LogP contribution in [0.4, 0.5) is 15.8 Å².